The van der Waals surface area contributed by atoms with E-state index in [0.29, 0.717) is 18.7 Å². The summed E-state index contributed by atoms with van der Waals surface area (Å²) in [6.07, 6.45) is 3.40. The molecule has 1 fully saturated rings. The third kappa shape index (κ3) is 2.96. The van der Waals surface area contributed by atoms with Crippen molar-refractivity contribution < 1.29 is 23.8 Å². The number of hydrogen-bond acceptors (Lipinski definition) is 6. The Labute approximate surface area is 165 Å². The molecule has 28 heavy (non-hydrogen) atoms. The van der Waals surface area contributed by atoms with Crippen molar-refractivity contribution in [3.63, 3.8) is 0 Å². The Morgan fingerprint density at radius 3 is 2.50 bits per heavy atom. The van der Waals surface area contributed by atoms with Crippen molar-refractivity contribution in [3.05, 3.63) is 48.0 Å². The molecule has 0 amide bonds. The van der Waals surface area contributed by atoms with Gasteiger partial charge in [-0.1, -0.05) is 42.5 Å². The highest BCUT2D eigenvalue weighted by molar-refractivity contribution is 6.18. The van der Waals surface area contributed by atoms with E-state index in [-0.39, 0.29) is 12.5 Å². The molecule has 0 saturated heterocycles. The van der Waals surface area contributed by atoms with Crippen LogP contribution in [0.15, 0.2) is 47.5 Å². The summed E-state index contributed by atoms with van der Waals surface area (Å²) in [5, 5.41) is 0. The van der Waals surface area contributed by atoms with Crippen LogP contribution in [0.2, 0.25) is 0 Å². The van der Waals surface area contributed by atoms with E-state index in [2.05, 4.69) is 0 Å². The number of carbonyl (C=O) groups excluding carboxylic acids is 2. The van der Waals surface area contributed by atoms with Crippen molar-refractivity contribution >= 4 is 17.7 Å². The number of benzene rings is 1. The average molecular weight is 385 g/mol. The second-order valence-corrected chi connectivity index (χ2v) is 7.03. The zero-order valence-electron chi connectivity index (χ0n) is 16.8. The summed E-state index contributed by atoms with van der Waals surface area (Å²) < 4.78 is 17.4. The first kappa shape index (κ1) is 20.3. The standard InChI is InChI=1S/C22H27NO5/c1-5-11-17-14-21(20(25)26-6-2)18(16-12-9-8-10-13-16)23-22(17,27-7-3)19(21)28-15(4)24/h5,8-13,17,19H,6-7,14H2,1-4H3/b11-5-/t17-,19-,21-,22-/m1/s1. The third-order valence-electron chi connectivity index (χ3n) is 5.38. The first-order valence-electron chi connectivity index (χ1n) is 9.73. The molecule has 6 heteroatoms. The van der Waals surface area contributed by atoms with Crippen LogP contribution >= 0.6 is 0 Å². The summed E-state index contributed by atoms with van der Waals surface area (Å²) in [4.78, 5) is 30.2. The zero-order valence-corrected chi connectivity index (χ0v) is 16.8. The predicted octanol–water partition coefficient (Wildman–Crippen LogP) is 3.30. The molecule has 0 aromatic heterocycles. The molecule has 0 spiro atoms. The highest BCUT2D eigenvalue weighted by Gasteiger charge is 2.75. The smallest absolute Gasteiger partial charge is 0.322 e. The highest BCUT2D eigenvalue weighted by Crippen LogP contribution is 2.60. The van der Waals surface area contributed by atoms with Crippen molar-refractivity contribution in [3.8, 4) is 0 Å². The topological polar surface area (TPSA) is 74.2 Å². The number of carbonyl (C=O) groups is 2. The number of allylic oxidation sites excluding steroid dienone is 1. The van der Waals surface area contributed by atoms with Crippen LogP contribution in [0, 0.1) is 11.3 Å². The molecular formula is C22H27NO5. The molecule has 2 bridgehead atoms. The minimum Gasteiger partial charge on any atom is -0.465 e. The molecule has 1 aromatic rings. The van der Waals surface area contributed by atoms with Crippen molar-refractivity contribution in [1.29, 1.82) is 0 Å². The van der Waals surface area contributed by atoms with Crippen LogP contribution < -0.4 is 0 Å². The van der Waals surface area contributed by atoms with Gasteiger partial charge in [0, 0.05) is 19.4 Å². The molecule has 0 radical (unpaired) electrons. The van der Waals surface area contributed by atoms with Gasteiger partial charge in [-0.25, -0.2) is 4.99 Å². The third-order valence-corrected chi connectivity index (χ3v) is 5.38. The minimum atomic E-state index is -1.21. The van der Waals surface area contributed by atoms with Crippen LogP contribution in [-0.2, 0) is 23.8 Å². The van der Waals surface area contributed by atoms with E-state index in [9.17, 15) is 9.59 Å². The van der Waals surface area contributed by atoms with Crippen LogP contribution in [0.25, 0.3) is 0 Å². The Morgan fingerprint density at radius 2 is 1.93 bits per heavy atom. The number of ether oxygens (including phenoxy) is 3. The molecule has 1 aromatic carbocycles. The van der Waals surface area contributed by atoms with Gasteiger partial charge in [-0.2, -0.15) is 0 Å². The van der Waals surface area contributed by atoms with Crippen molar-refractivity contribution in [2.45, 2.75) is 45.9 Å². The monoisotopic (exact) mass is 385 g/mol. The van der Waals surface area contributed by atoms with E-state index in [1.165, 1.54) is 6.92 Å². The fourth-order valence-corrected chi connectivity index (χ4v) is 4.48. The summed E-state index contributed by atoms with van der Waals surface area (Å²) in [6, 6.07) is 9.48. The molecule has 1 heterocycles. The number of fused-ring (bicyclic) bond motifs is 2. The van der Waals surface area contributed by atoms with Gasteiger partial charge < -0.3 is 14.2 Å². The Bertz CT molecular complexity index is 802. The van der Waals surface area contributed by atoms with E-state index in [1.54, 1.807) is 6.92 Å². The Hall–Kier alpha value is -2.47. The zero-order chi connectivity index (χ0) is 20.4. The lowest BCUT2D eigenvalue weighted by Gasteiger charge is -2.33. The Morgan fingerprint density at radius 1 is 1.21 bits per heavy atom. The maximum atomic E-state index is 13.3. The van der Waals surface area contributed by atoms with Crippen LogP contribution in [0.4, 0.5) is 0 Å². The van der Waals surface area contributed by atoms with Crippen molar-refractivity contribution in [2.24, 2.45) is 16.3 Å². The summed E-state index contributed by atoms with van der Waals surface area (Å²) in [7, 11) is 0. The second-order valence-electron chi connectivity index (χ2n) is 7.03. The van der Waals surface area contributed by atoms with Gasteiger partial charge in [0.15, 0.2) is 11.5 Å². The highest BCUT2D eigenvalue weighted by atomic mass is 16.6. The summed E-state index contributed by atoms with van der Waals surface area (Å²) in [5.74, 6) is -1.12. The van der Waals surface area contributed by atoms with E-state index in [1.807, 2.05) is 56.3 Å². The largest absolute Gasteiger partial charge is 0.465 e. The molecule has 1 aliphatic carbocycles. The SMILES string of the molecule is C/C=C\[C@@H]1C[C@@]2(C(=O)OCC)C(c3ccccc3)=N[C@]1(OCC)[C@@H]2OC(C)=O. The van der Waals surface area contributed by atoms with Gasteiger partial charge in [0.2, 0.25) is 5.72 Å². The maximum Gasteiger partial charge on any atom is 0.322 e. The lowest BCUT2D eigenvalue weighted by molar-refractivity contribution is -0.179. The van der Waals surface area contributed by atoms with Gasteiger partial charge in [0.1, 0.15) is 0 Å². The van der Waals surface area contributed by atoms with Crippen LogP contribution in [-0.4, -0.2) is 42.7 Å². The molecule has 4 atom stereocenters. The van der Waals surface area contributed by atoms with Crippen LogP contribution in [0.5, 0.6) is 0 Å². The lowest BCUT2D eigenvalue weighted by Crippen LogP contribution is -2.50. The summed E-state index contributed by atoms with van der Waals surface area (Å²) in [5.41, 5.74) is -0.993. The summed E-state index contributed by atoms with van der Waals surface area (Å²) >= 11 is 0. The second kappa shape index (κ2) is 7.87. The van der Waals surface area contributed by atoms with Gasteiger partial charge >= 0.3 is 11.9 Å². The van der Waals surface area contributed by atoms with E-state index >= 15 is 0 Å². The van der Waals surface area contributed by atoms with Crippen molar-refractivity contribution in [1.82, 2.24) is 0 Å². The summed E-state index contributed by atoms with van der Waals surface area (Å²) in [6.45, 7) is 7.47. The molecule has 6 nitrogen and oxygen atoms in total. The first-order valence-corrected chi connectivity index (χ1v) is 9.73. The van der Waals surface area contributed by atoms with Gasteiger partial charge in [-0.15, -0.1) is 0 Å². The van der Waals surface area contributed by atoms with Gasteiger partial charge in [-0.05, 0) is 32.8 Å². The average Bonchev–Trinajstić information content (AvgIpc) is 3.08. The molecule has 0 N–H and O–H groups in total. The number of aliphatic imine (C=N–C) groups is 1. The fourth-order valence-electron chi connectivity index (χ4n) is 4.48. The number of esters is 2. The molecule has 2 aliphatic rings. The lowest BCUT2D eigenvalue weighted by atomic mass is 9.76. The first-order chi connectivity index (χ1) is 13.5. The van der Waals surface area contributed by atoms with Crippen LogP contribution in [0.3, 0.4) is 0 Å². The quantitative estimate of drug-likeness (QED) is 0.532. The number of hydrogen-bond donors (Lipinski definition) is 0. The number of nitrogens with zero attached hydrogens (tertiary/aromatic N) is 1. The molecule has 1 saturated carbocycles. The molecule has 150 valence electrons. The maximum absolute atomic E-state index is 13.3. The van der Waals surface area contributed by atoms with Gasteiger partial charge in [0.25, 0.3) is 0 Å². The fraction of sp³-hybridized carbons (Fsp3) is 0.500. The normalized spacial score (nSPS) is 31.1. The van der Waals surface area contributed by atoms with Gasteiger partial charge in [0.05, 0.1) is 12.3 Å². The Balaban J connectivity index is 2.26. The molecule has 1 aliphatic heterocycles. The Kier molecular flexibility index (Phi) is 5.70. The molecular weight excluding hydrogens is 358 g/mol. The number of rotatable bonds is 7. The van der Waals surface area contributed by atoms with E-state index < -0.39 is 29.2 Å². The minimum absolute atomic E-state index is 0.210. The van der Waals surface area contributed by atoms with Crippen molar-refractivity contribution in [2.75, 3.05) is 13.2 Å². The van der Waals surface area contributed by atoms with Crippen LogP contribution in [0.1, 0.15) is 39.7 Å². The van der Waals surface area contributed by atoms with Gasteiger partial charge in [-0.3, -0.25) is 9.59 Å². The molecule has 0 unspecified atom stereocenters. The predicted molar refractivity (Wildman–Crippen MR) is 105 cm³/mol. The van der Waals surface area contributed by atoms with E-state index in [0.717, 1.165) is 5.56 Å². The van der Waals surface area contributed by atoms with E-state index in [4.69, 9.17) is 19.2 Å². The molecule has 3 rings (SSSR count).